The Morgan fingerprint density at radius 2 is 2.16 bits per heavy atom. The molecule has 0 bridgehead atoms. The summed E-state index contributed by atoms with van der Waals surface area (Å²) in [6.45, 7) is 2.86. The molecule has 0 radical (unpaired) electrons. The highest BCUT2D eigenvalue weighted by molar-refractivity contribution is 9.10. The van der Waals surface area contributed by atoms with Gasteiger partial charge in [-0.15, -0.1) is 5.10 Å². The summed E-state index contributed by atoms with van der Waals surface area (Å²) in [5, 5.41) is 12.2. The normalized spacial score (nSPS) is 12.7. The van der Waals surface area contributed by atoms with E-state index in [0.29, 0.717) is 5.02 Å². The lowest BCUT2D eigenvalue weighted by molar-refractivity contribution is 0.567. The van der Waals surface area contributed by atoms with E-state index in [1.807, 2.05) is 25.2 Å². The maximum atomic E-state index is 6.39. The Morgan fingerprint density at radius 1 is 1.42 bits per heavy atom. The summed E-state index contributed by atoms with van der Waals surface area (Å²) in [6, 6.07) is 5.82. The molecule has 0 saturated heterocycles. The summed E-state index contributed by atoms with van der Waals surface area (Å²) >= 11 is 13.3. The second-order valence-corrected chi connectivity index (χ2v) is 6.01. The van der Waals surface area contributed by atoms with Crippen LogP contribution in [0, 0.1) is 0 Å². The van der Waals surface area contributed by atoms with Crippen molar-refractivity contribution in [3.63, 3.8) is 0 Å². The summed E-state index contributed by atoms with van der Waals surface area (Å²) in [5.41, 5.74) is 1.94. The van der Waals surface area contributed by atoms with Crippen LogP contribution in [0.2, 0.25) is 5.02 Å². The Kier molecular flexibility index (Phi) is 5.00. The molecule has 7 heteroatoms. The molecule has 1 heterocycles. The fourth-order valence-electron chi connectivity index (χ4n) is 1.95. The first-order valence-electron chi connectivity index (χ1n) is 5.78. The fourth-order valence-corrected chi connectivity index (χ4v) is 3.12. The smallest absolute Gasteiger partial charge is 0.153 e. The molecule has 0 saturated carbocycles. The third-order valence-corrected chi connectivity index (χ3v) is 4.68. The van der Waals surface area contributed by atoms with Gasteiger partial charge in [-0.05, 0) is 50.0 Å². The molecule has 0 aliphatic carbocycles. The molecule has 19 heavy (non-hydrogen) atoms. The van der Waals surface area contributed by atoms with Gasteiger partial charge in [0.05, 0.1) is 16.8 Å². The largest absolute Gasteiger partial charge is 0.305 e. The van der Waals surface area contributed by atoms with Crippen LogP contribution >= 0.6 is 43.5 Å². The molecule has 1 atom stereocenters. The molecule has 2 aromatic rings. The second kappa shape index (κ2) is 6.35. The molecule has 0 spiro atoms. The minimum atomic E-state index is -0.0654. The number of nitrogens with zero attached hydrogens (tertiary/aromatic N) is 3. The van der Waals surface area contributed by atoms with Crippen LogP contribution < -0.4 is 5.32 Å². The zero-order chi connectivity index (χ0) is 14.0. The van der Waals surface area contributed by atoms with Crippen molar-refractivity contribution in [3.05, 3.63) is 43.6 Å². The van der Waals surface area contributed by atoms with Gasteiger partial charge < -0.3 is 5.32 Å². The first-order chi connectivity index (χ1) is 9.06. The minimum Gasteiger partial charge on any atom is -0.305 e. The van der Waals surface area contributed by atoms with Crippen molar-refractivity contribution in [1.82, 2.24) is 20.3 Å². The van der Waals surface area contributed by atoms with Crippen molar-refractivity contribution in [2.75, 3.05) is 6.54 Å². The molecule has 0 aliphatic heterocycles. The minimum absolute atomic E-state index is 0.0654. The molecular formula is C12H13Br2ClN4. The first kappa shape index (κ1) is 15.0. The first-order valence-corrected chi connectivity index (χ1v) is 7.75. The Bertz CT molecular complexity index is 566. The van der Waals surface area contributed by atoms with Gasteiger partial charge in [0.2, 0.25) is 0 Å². The predicted octanol–water partition coefficient (Wildman–Crippen LogP) is 3.69. The Morgan fingerprint density at radius 3 is 2.74 bits per heavy atom. The Balaban J connectivity index is 2.55. The molecule has 0 amide bonds. The average Bonchev–Trinajstić information content (AvgIpc) is 2.70. The Labute approximate surface area is 133 Å². The van der Waals surface area contributed by atoms with Crippen molar-refractivity contribution in [1.29, 1.82) is 0 Å². The topological polar surface area (TPSA) is 42.7 Å². The highest BCUT2D eigenvalue weighted by Gasteiger charge is 2.23. The Hall–Kier alpha value is -0.430. The number of hydrogen-bond donors (Lipinski definition) is 1. The van der Waals surface area contributed by atoms with Crippen LogP contribution in [-0.4, -0.2) is 21.5 Å². The van der Waals surface area contributed by atoms with E-state index in [-0.39, 0.29) is 6.04 Å². The SMILES string of the molecule is CCNC(c1cccc(Br)c1Cl)c1c(Br)nnn1C. The molecule has 1 unspecified atom stereocenters. The van der Waals surface area contributed by atoms with Crippen molar-refractivity contribution < 1.29 is 0 Å². The molecule has 1 aromatic heterocycles. The van der Waals surface area contributed by atoms with E-state index in [9.17, 15) is 0 Å². The van der Waals surface area contributed by atoms with E-state index in [0.717, 1.165) is 26.9 Å². The number of benzene rings is 1. The van der Waals surface area contributed by atoms with Gasteiger partial charge >= 0.3 is 0 Å². The van der Waals surface area contributed by atoms with Crippen LogP contribution in [0.25, 0.3) is 0 Å². The third kappa shape index (κ3) is 3.02. The molecule has 1 N–H and O–H groups in total. The van der Waals surface area contributed by atoms with Crippen LogP contribution in [-0.2, 0) is 7.05 Å². The van der Waals surface area contributed by atoms with Gasteiger partial charge in [0.1, 0.15) is 0 Å². The zero-order valence-corrected chi connectivity index (χ0v) is 14.4. The molecule has 2 rings (SSSR count). The van der Waals surface area contributed by atoms with Crippen LogP contribution in [0.3, 0.4) is 0 Å². The van der Waals surface area contributed by atoms with Crippen molar-refractivity contribution in [2.45, 2.75) is 13.0 Å². The maximum absolute atomic E-state index is 6.39. The van der Waals surface area contributed by atoms with E-state index in [4.69, 9.17) is 11.6 Å². The van der Waals surface area contributed by atoms with E-state index in [2.05, 4.69) is 54.4 Å². The summed E-state index contributed by atoms with van der Waals surface area (Å²) in [5.74, 6) is 0. The number of hydrogen-bond acceptors (Lipinski definition) is 3. The van der Waals surface area contributed by atoms with E-state index in [1.165, 1.54) is 0 Å². The highest BCUT2D eigenvalue weighted by Crippen LogP contribution is 2.34. The molecule has 1 aromatic carbocycles. The van der Waals surface area contributed by atoms with E-state index >= 15 is 0 Å². The molecular weight excluding hydrogens is 395 g/mol. The predicted molar refractivity (Wildman–Crippen MR) is 83.4 cm³/mol. The van der Waals surface area contributed by atoms with Gasteiger partial charge in [-0.3, -0.25) is 0 Å². The number of halogens is 3. The number of rotatable bonds is 4. The summed E-state index contributed by atoms with van der Waals surface area (Å²) < 4.78 is 3.34. The van der Waals surface area contributed by atoms with Gasteiger partial charge in [0, 0.05) is 11.5 Å². The van der Waals surface area contributed by atoms with Crippen LogP contribution in [0.1, 0.15) is 24.2 Å². The van der Waals surface area contributed by atoms with Gasteiger partial charge in [0.25, 0.3) is 0 Å². The lowest BCUT2D eigenvalue weighted by Gasteiger charge is -2.20. The summed E-state index contributed by atoms with van der Waals surface area (Å²) in [4.78, 5) is 0. The monoisotopic (exact) mass is 406 g/mol. The van der Waals surface area contributed by atoms with Crippen molar-refractivity contribution in [2.24, 2.45) is 7.05 Å². The number of nitrogens with one attached hydrogen (secondary N) is 1. The van der Waals surface area contributed by atoms with Gasteiger partial charge in [-0.2, -0.15) is 0 Å². The summed E-state index contributed by atoms with van der Waals surface area (Å²) in [6.07, 6.45) is 0. The highest BCUT2D eigenvalue weighted by atomic mass is 79.9. The maximum Gasteiger partial charge on any atom is 0.153 e. The zero-order valence-electron chi connectivity index (χ0n) is 10.5. The third-order valence-electron chi connectivity index (χ3n) is 2.80. The molecule has 102 valence electrons. The van der Waals surface area contributed by atoms with Gasteiger partial charge in [-0.1, -0.05) is 35.9 Å². The van der Waals surface area contributed by atoms with Crippen LogP contribution in [0.4, 0.5) is 0 Å². The lowest BCUT2D eigenvalue weighted by atomic mass is 10.0. The van der Waals surface area contributed by atoms with Gasteiger partial charge in [0.15, 0.2) is 4.60 Å². The van der Waals surface area contributed by atoms with Crippen LogP contribution in [0.5, 0.6) is 0 Å². The average molecular weight is 409 g/mol. The fraction of sp³-hybridized carbons (Fsp3) is 0.333. The number of aryl methyl sites for hydroxylation is 1. The van der Waals surface area contributed by atoms with Gasteiger partial charge in [-0.25, -0.2) is 4.68 Å². The van der Waals surface area contributed by atoms with E-state index < -0.39 is 0 Å². The van der Waals surface area contributed by atoms with Crippen molar-refractivity contribution >= 4 is 43.5 Å². The summed E-state index contributed by atoms with van der Waals surface area (Å²) in [7, 11) is 1.86. The lowest BCUT2D eigenvalue weighted by Crippen LogP contribution is -2.25. The quantitative estimate of drug-likeness (QED) is 0.839. The van der Waals surface area contributed by atoms with Crippen LogP contribution in [0.15, 0.2) is 27.3 Å². The second-order valence-electron chi connectivity index (χ2n) is 4.02. The van der Waals surface area contributed by atoms with Crippen molar-refractivity contribution in [3.8, 4) is 0 Å². The molecule has 4 nitrogen and oxygen atoms in total. The van der Waals surface area contributed by atoms with E-state index in [1.54, 1.807) is 4.68 Å². The molecule has 0 aliphatic rings. The molecule has 0 fully saturated rings. The number of aromatic nitrogens is 3. The standard InChI is InChI=1S/C12H13Br2ClN4/c1-3-16-10(11-12(14)17-18-19(11)2)7-5-4-6-8(13)9(7)15/h4-6,10,16H,3H2,1-2H3.